The fraction of sp³-hybridized carbons (Fsp3) is 0.200. The Kier molecular flexibility index (Phi) is 5.03. The Bertz CT molecular complexity index is 946. The van der Waals surface area contributed by atoms with E-state index in [2.05, 4.69) is 4.99 Å². The Hall–Kier alpha value is -3.09. The highest BCUT2D eigenvalue weighted by Crippen LogP contribution is 2.35. The Labute approximate surface area is 154 Å². The van der Waals surface area contributed by atoms with E-state index in [9.17, 15) is 18.0 Å². The van der Waals surface area contributed by atoms with Gasteiger partial charge in [0.1, 0.15) is 5.84 Å². The van der Waals surface area contributed by atoms with Gasteiger partial charge in [-0.2, -0.15) is 13.2 Å². The van der Waals surface area contributed by atoms with Crippen molar-refractivity contribution in [3.8, 4) is 11.1 Å². The Balaban J connectivity index is 2.06. The van der Waals surface area contributed by atoms with Crippen molar-refractivity contribution >= 4 is 23.6 Å². The fourth-order valence-corrected chi connectivity index (χ4v) is 2.81. The molecule has 0 aromatic heterocycles. The molecule has 2 N–H and O–H groups in total. The van der Waals surface area contributed by atoms with Crippen LogP contribution >= 0.6 is 0 Å². The van der Waals surface area contributed by atoms with Crippen LogP contribution in [0.25, 0.3) is 17.2 Å². The Morgan fingerprint density at radius 2 is 1.93 bits per heavy atom. The van der Waals surface area contributed by atoms with Crippen LogP contribution in [-0.4, -0.2) is 18.4 Å². The standard InChI is InChI=1S/C20H17F3N2O2/c1-2-27-19(26)15-9-14-8-13(6-7-17(14)25-18(24)11-15)12-4-3-5-16(10-12)20(21,22)23/h3-10H,2,11H2,1H3,(H2,24,25). The molecular weight excluding hydrogens is 357 g/mol. The number of benzene rings is 2. The number of rotatable bonds is 3. The normalized spacial score (nSPS) is 13.9. The van der Waals surface area contributed by atoms with Gasteiger partial charge in [-0.05, 0) is 48.4 Å². The molecule has 1 heterocycles. The number of hydrogen-bond donors (Lipinski definition) is 1. The van der Waals surface area contributed by atoms with Gasteiger partial charge in [-0.1, -0.05) is 18.2 Å². The third kappa shape index (κ3) is 4.19. The number of hydrogen-bond acceptors (Lipinski definition) is 4. The molecule has 3 rings (SSSR count). The van der Waals surface area contributed by atoms with Crippen molar-refractivity contribution in [2.45, 2.75) is 19.5 Å². The lowest BCUT2D eigenvalue weighted by atomic mass is 9.99. The molecule has 0 saturated carbocycles. The van der Waals surface area contributed by atoms with Gasteiger partial charge in [0.2, 0.25) is 0 Å². The number of halogens is 3. The van der Waals surface area contributed by atoms with E-state index < -0.39 is 17.7 Å². The van der Waals surface area contributed by atoms with Gasteiger partial charge < -0.3 is 10.5 Å². The van der Waals surface area contributed by atoms with E-state index in [0.29, 0.717) is 28.0 Å². The van der Waals surface area contributed by atoms with Crippen molar-refractivity contribution < 1.29 is 22.7 Å². The number of ether oxygens (including phenoxy) is 1. The van der Waals surface area contributed by atoms with Gasteiger partial charge in [-0.25, -0.2) is 9.79 Å². The molecule has 0 fully saturated rings. The average molecular weight is 374 g/mol. The van der Waals surface area contributed by atoms with Crippen molar-refractivity contribution in [3.63, 3.8) is 0 Å². The summed E-state index contributed by atoms with van der Waals surface area (Å²) in [6.07, 6.45) is -2.66. The van der Waals surface area contributed by atoms with Crippen molar-refractivity contribution in [3.05, 3.63) is 59.2 Å². The molecule has 0 atom stereocenters. The quantitative estimate of drug-likeness (QED) is 0.791. The topological polar surface area (TPSA) is 64.7 Å². The summed E-state index contributed by atoms with van der Waals surface area (Å²) in [5.41, 5.74) is 7.62. The summed E-state index contributed by atoms with van der Waals surface area (Å²) in [4.78, 5) is 16.4. The molecule has 0 unspecified atom stereocenters. The number of carbonyl (C=O) groups excluding carboxylic acids is 1. The van der Waals surface area contributed by atoms with Crippen LogP contribution in [0.3, 0.4) is 0 Å². The molecule has 0 aliphatic carbocycles. The summed E-state index contributed by atoms with van der Waals surface area (Å²) in [5.74, 6) is -0.229. The number of alkyl halides is 3. The van der Waals surface area contributed by atoms with Crippen LogP contribution < -0.4 is 5.73 Å². The van der Waals surface area contributed by atoms with Crippen molar-refractivity contribution in [1.29, 1.82) is 0 Å². The number of fused-ring (bicyclic) bond motifs is 1. The lowest BCUT2D eigenvalue weighted by Crippen LogP contribution is -2.16. The van der Waals surface area contributed by atoms with Crippen LogP contribution in [0.2, 0.25) is 0 Å². The second-order valence-corrected chi connectivity index (χ2v) is 6.02. The maximum absolute atomic E-state index is 13.0. The minimum Gasteiger partial charge on any atom is -0.463 e. The van der Waals surface area contributed by atoms with Gasteiger partial charge in [0.15, 0.2) is 0 Å². The molecule has 2 aromatic rings. The van der Waals surface area contributed by atoms with E-state index in [1.807, 2.05) is 0 Å². The van der Waals surface area contributed by atoms with E-state index in [1.165, 1.54) is 6.07 Å². The second kappa shape index (κ2) is 7.26. The molecule has 4 nitrogen and oxygen atoms in total. The molecular formula is C20H17F3N2O2. The third-order valence-corrected chi connectivity index (χ3v) is 4.05. The number of carbonyl (C=O) groups is 1. The highest BCUT2D eigenvalue weighted by molar-refractivity contribution is 6.03. The maximum Gasteiger partial charge on any atom is 0.416 e. The molecule has 0 saturated heterocycles. The minimum absolute atomic E-state index is 0.145. The SMILES string of the molecule is CCOC(=O)C1=Cc2cc(-c3cccc(C(F)(F)F)c3)ccc2N=C(N)C1. The smallest absolute Gasteiger partial charge is 0.416 e. The molecule has 0 bridgehead atoms. The summed E-state index contributed by atoms with van der Waals surface area (Å²) in [5, 5.41) is 0. The highest BCUT2D eigenvalue weighted by Gasteiger charge is 2.30. The lowest BCUT2D eigenvalue weighted by Gasteiger charge is -2.10. The minimum atomic E-state index is -4.42. The first-order chi connectivity index (χ1) is 12.8. The fourth-order valence-electron chi connectivity index (χ4n) is 2.81. The first-order valence-corrected chi connectivity index (χ1v) is 8.30. The monoisotopic (exact) mass is 374 g/mol. The van der Waals surface area contributed by atoms with Gasteiger partial charge in [-0.3, -0.25) is 0 Å². The summed E-state index contributed by atoms with van der Waals surface area (Å²) in [6, 6.07) is 10.1. The van der Waals surface area contributed by atoms with Crippen LogP contribution in [0, 0.1) is 0 Å². The number of nitrogens with zero attached hydrogens (tertiary/aromatic N) is 1. The van der Waals surface area contributed by atoms with E-state index in [-0.39, 0.29) is 18.9 Å². The zero-order valence-corrected chi connectivity index (χ0v) is 14.5. The Morgan fingerprint density at radius 3 is 2.63 bits per heavy atom. The van der Waals surface area contributed by atoms with E-state index in [1.54, 1.807) is 37.3 Å². The molecule has 2 aromatic carbocycles. The van der Waals surface area contributed by atoms with Crippen LogP contribution in [0.15, 0.2) is 53.0 Å². The largest absolute Gasteiger partial charge is 0.463 e. The summed E-state index contributed by atoms with van der Waals surface area (Å²) in [7, 11) is 0. The summed E-state index contributed by atoms with van der Waals surface area (Å²) in [6.45, 7) is 1.93. The molecule has 7 heteroatoms. The molecule has 0 spiro atoms. The maximum atomic E-state index is 13.0. The van der Waals surface area contributed by atoms with Crippen LogP contribution in [-0.2, 0) is 15.7 Å². The third-order valence-electron chi connectivity index (χ3n) is 4.05. The van der Waals surface area contributed by atoms with Crippen LogP contribution in [0.4, 0.5) is 18.9 Å². The molecule has 0 radical (unpaired) electrons. The Morgan fingerprint density at radius 1 is 1.19 bits per heavy atom. The molecule has 140 valence electrons. The molecule has 1 aliphatic rings. The zero-order valence-electron chi connectivity index (χ0n) is 14.5. The average Bonchev–Trinajstić information content (AvgIpc) is 2.78. The van der Waals surface area contributed by atoms with Gasteiger partial charge >= 0.3 is 12.1 Å². The first-order valence-electron chi connectivity index (χ1n) is 8.30. The first kappa shape index (κ1) is 18.7. The molecule has 0 amide bonds. The molecule has 1 aliphatic heterocycles. The number of aliphatic imine (C=N–C) groups is 1. The van der Waals surface area contributed by atoms with E-state index >= 15 is 0 Å². The van der Waals surface area contributed by atoms with Crippen molar-refractivity contribution in [1.82, 2.24) is 0 Å². The van der Waals surface area contributed by atoms with Gasteiger partial charge in [0, 0.05) is 17.6 Å². The molecule has 27 heavy (non-hydrogen) atoms. The second-order valence-electron chi connectivity index (χ2n) is 6.02. The van der Waals surface area contributed by atoms with Gasteiger partial charge in [-0.15, -0.1) is 0 Å². The number of esters is 1. The van der Waals surface area contributed by atoms with Crippen LogP contribution in [0.5, 0.6) is 0 Å². The van der Waals surface area contributed by atoms with Gasteiger partial charge in [0.25, 0.3) is 0 Å². The van der Waals surface area contributed by atoms with E-state index in [0.717, 1.165) is 12.1 Å². The van der Waals surface area contributed by atoms with E-state index in [4.69, 9.17) is 10.5 Å². The summed E-state index contributed by atoms with van der Waals surface area (Å²) < 4.78 is 43.9. The number of nitrogens with two attached hydrogens (primary N) is 1. The predicted molar refractivity (Wildman–Crippen MR) is 97.4 cm³/mol. The van der Waals surface area contributed by atoms with Crippen molar-refractivity contribution in [2.24, 2.45) is 10.7 Å². The van der Waals surface area contributed by atoms with Crippen LogP contribution in [0.1, 0.15) is 24.5 Å². The van der Waals surface area contributed by atoms with Gasteiger partial charge in [0.05, 0.1) is 17.9 Å². The number of amidine groups is 1. The summed E-state index contributed by atoms with van der Waals surface area (Å²) >= 11 is 0. The van der Waals surface area contributed by atoms with Crippen molar-refractivity contribution in [2.75, 3.05) is 6.61 Å². The highest BCUT2D eigenvalue weighted by atomic mass is 19.4. The predicted octanol–water partition coefficient (Wildman–Crippen LogP) is 4.71. The lowest BCUT2D eigenvalue weighted by molar-refractivity contribution is -0.139. The zero-order chi connectivity index (χ0) is 19.6.